The topological polar surface area (TPSA) is 58.4 Å². The van der Waals surface area contributed by atoms with Gasteiger partial charge < -0.3 is 16.0 Å². The number of nitrogens with two attached hydrogens (primary N) is 1. The predicted molar refractivity (Wildman–Crippen MR) is 74.3 cm³/mol. The van der Waals surface area contributed by atoms with E-state index in [1.165, 1.54) is 31.0 Å². The zero-order valence-electron chi connectivity index (χ0n) is 11.2. The van der Waals surface area contributed by atoms with Gasteiger partial charge in [0.2, 0.25) is 5.91 Å². The highest BCUT2D eigenvalue weighted by Crippen LogP contribution is 2.25. The SMILES string of the molecule is CN(CCCC(=O)Nc1ccc(F)cc1N)C1CC1. The summed E-state index contributed by atoms with van der Waals surface area (Å²) < 4.78 is 12.9. The third-order valence-electron chi connectivity index (χ3n) is 3.37. The molecule has 1 aromatic carbocycles. The van der Waals surface area contributed by atoms with Crippen LogP contribution < -0.4 is 11.1 Å². The molecule has 3 N–H and O–H groups in total. The van der Waals surface area contributed by atoms with E-state index >= 15 is 0 Å². The fourth-order valence-electron chi connectivity index (χ4n) is 2.05. The molecule has 1 saturated carbocycles. The second kappa shape index (κ2) is 6.02. The largest absolute Gasteiger partial charge is 0.397 e. The Labute approximate surface area is 112 Å². The van der Waals surface area contributed by atoms with Crippen LogP contribution >= 0.6 is 0 Å². The molecule has 1 fully saturated rings. The van der Waals surface area contributed by atoms with Crippen molar-refractivity contribution in [1.29, 1.82) is 0 Å². The normalized spacial score (nSPS) is 14.7. The highest BCUT2D eigenvalue weighted by atomic mass is 19.1. The monoisotopic (exact) mass is 265 g/mol. The molecular weight excluding hydrogens is 245 g/mol. The van der Waals surface area contributed by atoms with Crippen molar-refractivity contribution in [2.75, 3.05) is 24.6 Å². The van der Waals surface area contributed by atoms with E-state index in [4.69, 9.17) is 5.73 Å². The Morgan fingerprint density at radius 1 is 1.53 bits per heavy atom. The molecule has 104 valence electrons. The first-order valence-corrected chi connectivity index (χ1v) is 6.61. The Kier molecular flexibility index (Phi) is 4.37. The molecule has 0 aliphatic heterocycles. The molecule has 19 heavy (non-hydrogen) atoms. The van der Waals surface area contributed by atoms with Gasteiger partial charge in [0.25, 0.3) is 0 Å². The van der Waals surface area contributed by atoms with Crippen LogP contribution in [0.15, 0.2) is 18.2 Å². The molecular formula is C14H20FN3O. The highest BCUT2D eigenvalue weighted by molar-refractivity contribution is 5.93. The summed E-state index contributed by atoms with van der Waals surface area (Å²) in [5.41, 5.74) is 6.36. The van der Waals surface area contributed by atoms with E-state index in [9.17, 15) is 9.18 Å². The van der Waals surface area contributed by atoms with Crippen molar-refractivity contribution < 1.29 is 9.18 Å². The lowest BCUT2D eigenvalue weighted by Crippen LogP contribution is -2.23. The standard InChI is InChI=1S/C14H20FN3O/c1-18(11-5-6-11)8-2-3-14(19)17-13-7-4-10(15)9-12(13)16/h4,7,9,11H,2-3,5-6,8,16H2,1H3,(H,17,19). The lowest BCUT2D eigenvalue weighted by atomic mass is 10.2. The minimum absolute atomic E-state index is 0.0810. The van der Waals surface area contributed by atoms with Crippen LogP contribution in [-0.4, -0.2) is 30.4 Å². The average molecular weight is 265 g/mol. The van der Waals surface area contributed by atoms with Gasteiger partial charge in [0, 0.05) is 12.5 Å². The molecule has 1 aliphatic rings. The molecule has 0 spiro atoms. The Morgan fingerprint density at radius 2 is 2.26 bits per heavy atom. The molecule has 0 atom stereocenters. The van der Waals surface area contributed by atoms with Gasteiger partial charge in [-0.25, -0.2) is 4.39 Å². The van der Waals surface area contributed by atoms with Crippen LogP contribution in [0.25, 0.3) is 0 Å². The van der Waals surface area contributed by atoms with Crippen LogP contribution in [0.3, 0.4) is 0 Å². The number of halogens is 1. The number of carbonyl (C=O) groups is 1. The van der Waals surface area contributed by atoms with Gasteiger partial charge in [0.1, 0.15) is 5.82 Å². The van der Waals surface area contributed by atoms with E-state index in [0.29, 0.717) is 12.1 Å². The smallest absolute Gasteiger partial charge is 0.224 e. The molecule has 4 nitrogen and oxygen atoms in total. The van der Waals surface area contributed by atoms with Gasteiger partial charge in [-0.3, -0.25) is 4.79 Å². The first-order valence-electron chi connectivity index (χ1n) is 6.61. The van der Waals surface area contributed by atoms with E-state index in [-0.39, 0.29) is 11.6 Å². The zero-order chi connectivity index (χ0) is 13.8. The van der Waals surface area contributed by atoms with Gasteiger partial charge in [-0.2, -0.15) is 0 Å². The van der Waals surface area contributed by atoms with Gasteiger partial charge in [-0.1, -0.05) is 0 Å². The van der Waals surface area contributed by atoms with E-state index in [0.717, 1.165) is 19.0 Å². The molecule has 0 aromatic heterocycles. The van der Waals surface area contributed by atoms with Crippen molar-refractivity contribution in [1.82, 2.24) is 4.90 Å². The maximum atomic E-state index is 12.9. The third kappa shape index (κ3) is 4.21. The molecule has 5 heteroatoms. The minimum Gasteiger partial charge on any atom is -0.397 e. The Morgan fingerprint density at radius 3 is 2.89 bits per heavy atom. The summed E-state index contributed by atoms with van der Waals surface area (Å²) in [6.07, 6.45) is 3.82. The fraction of sp³-hybridized carbons (Fsp3) is 0.500. The van der Waals surface area contributed by atoms with Crippen LogP contribution in [0, 0.1) is 5.82 Å². The van der Waals surface area contributed by atoms with E-state index in [2.05, 4.69) is 17.3 Å². The van der Waals surface area contributed by atoms with E-state index in [1.807, 2.05) is 0 Å². The van der Waals surface area contributed by atoms with Crippen molar-refractivity contribution in [3.05, 3.63) is 24.0 Å². The number of amides is 1. The third-order valence-corrected chi connectivity index (χ3v) is 3.37. The maximum absolute atomic E-state index is 12.9. The van der Waals surface area contributed by atoms with Crippen LogP contribution in [0.5, 0.6) is 0 Å². The second-order valence-corrected chi connectivity index (χ2v) is 5.10. The summed E-state index contributed by atoms with van der Waals surface area (Å²) in [7, 11) is 2.09. The zero-order valence-corrected chi connectivity index (χ0v) is 11.2. The van der Waals surface area contributed by atoms with Gasteiger partial charge in [-0.15, -0.1) is 0 Å². The molecule has 0 bridgehead atoms. The van der Waals surface area contributed by atoms with Gasteiger partial charge in [-0.05, 0) is 51.1 Å². The fourth-order valence-corrected chi connectivity index (χ4v) is 2.05. The number of hydrogen-bond donors (Lipinski definition) is 2. The van der Waals surface area contributed by atoms with Crippen LogP contribution in [0.2, 0.25) is 0 Å². The van der Waals surface area contributed by atoms with Crippen molar-refractivity contribution in [3.8, 4) is 0 Å². The van der Waals surface area contributed by atoms with Crippen LogP contribution in [0.1, 0.15) is 25.7 Å². The number of rotatable bonds is 6. The Balaban J connectivity index is 1.74. The predicted octanol–water partition coefficient (Wildman–Crippen LogP) is 2.22. The first-order chi connectivity index (χ1) is 9.06. The number of carbonyl (C=O) groups excluding carboxylic acids is 1. The first kappa shape index (κ1) is 13.8. The number of nitrogen functional groups attached to an aromatic ring is 1. The number of hydrogen-bond acceptors (Lipinski definition) is 3. The number of anilines is 2. The quantitative estimate of drug-likeness (QED) is 0.775. The summed E-state index contributed by atoms with van der Waals surface area (Å²) in [5.74, 6) is -0.482. The highest BCUT2D eigenvalue weighted by Gasteiger charge is 2.25. The van der Waals surface area contributed by atoms with Crippen LogP contribution in [0.4, 0.5) is 15.8 Å². The van der Waals surface area contributed by atoms with Gasteiger partial charge >= 0.3 is 0 Å². The number of nitrogens with one attached hydrogen (secondary N) is 1. The lowest BCUT2D eigenvalue weighted by molar-refractivity contribution is -0.116. The molecule has 1 aromatic rings. The number of benzene rings is 1. The summed E-state index contributed by atoms with van der Waals surface area (Å²) in [6.45, 7) is 0.928. The molecule has 0 unspecified atom stereocenters. The minimum atomic E-state index is -0.401. The second-order valence-electron chi connectivity index (χ2n) is 5.10. The van der Waals surface area contributed by atoms with E-state index in [1.54, 1.807) is 0 Å². The average Bonchev–Trinajstić information content (AvgIpc) is 3.16. The molecule has 1 aliphatic carbocycles. The molecule has 2 rings (SSSR count). The van der Waals surface area contributed by atoms with Crippen molar-refractivity contribution in [3.63, 3.8) is 0 Å². The molecule has 0 saturated heterocycles. The summed E-state index contributed by atoms with van der Waals surface area (Å²) in [4.78, 5) is 14.0. The molecule has 1 amide bonds. The Hall–Kier alpha value is -1.62. The lowest BCUT2D eigenvalue weighted by Gasteiger charge is -2.15. The summed E-state index contributed by atoms with van der Waals surface area (Å²) >= 11 is 0. The van der Waals surface area contributed by atoms with Gasteiger partial charge in [0.15, 0.2) is 0 Å². The molecule has 0 heterocycles. The summed E-state index contributed by atoms with van der Waals surface area (Å²) in [5, 5.41) is 2.71. The van der Waals surface area contributed by atoms with Crippen molar-refractivity contribution in [2.24, 2.45) is 0 Å². The van der Waals surface area contributed by atoms with Crippen molar-refractivity contribution in [2.45, 2.75) is 31.7 Å². The van der Waals surface area contributed by atoms with Crippen LogP contribution in [-0.2, 0) is 4.79 Å². The Bertz CT molecular complexity index is 460. The maximum Gasteiger partial charge on any atom is 0.224 e. The van der Waals surface area contributed by atoms with E-state index < -0.39 is 5.82 Å². The van der Waals surface area contributed by atoms with Crippen molar-refractivity contribution >= 4 is 17.3 Å². The summed E-state index contributed by atoms with van der Waals surface area (Å²) in [6, 6.07) is 4.69. The molecule has 0 radical (unpaired) electrons. The number of nitrogens with zero attached hydrogens (tertiary/aromatic N) is 1. The van der Waals surface area contributed by atoms with Gasteiger partial charge in [0.05, 0.1) is 11.4 Å².